The Morgan fingerprint density at radius 1 is 1.45 bits per heavy atom. The molecule has 1 fully saturated rings. The van der Waals surface area contributed by atoms with E-state index in [-0.39, 0.29) is 11.9 Å². The number of rotatable bonds is 5. The molecule has 0 saturated carbocycles. The summed E-state index contributed by atoms with van der Waals surface area (Å²) in [5, 5.41) is 5.16. The fraction of sp³-hybridized carbons (Fsp3) is 0.471. The Kier molecular flexibility index (Phi) is 4.64. The molecule has 5 heteroatoms. The average Bonchev–Trinajstić information content (AvgIpc) is 3.19. The van der Waals surface area contributed by atoms with Gasteiger partial charge in [-0.3, -0.25) is 9.69 Å². The molecular weight excluding hydrogens is 294 g/mol. The number of carbonyl (C=O) groups is 1. The fourth-order valence-corrected chi connectivity index (χ4v) is 3.99. The quantitative estimate of drug-likeness (QED) is 0.920. The zero-order valence-corrected chi connectivity index (χ0v) is 14.0. The minimum atomic E-state index is 0.0867. The Morgan fingerprint density at radius 2 is 2.32 bits per heavy atom. The Bertz CT molecular complexity index is 620. The van der Waals surface area contributed by atoms with Gasteiger partial charge in [0.25, 0.3) is 0 Å². The first-order valence-electron chi connectivity index (χ1n) is 7.83. The van der Waals surface area contributed by atoms with Crippen LogP contribution in [0, 0.1) is 0 Å². The molecule has 1 aliphatic heterocycles. The Balaban J connectivity index is 1.60. The lowest BCUT2D eigenvalue weighted by atomic mass is 10.1. The predicted molar refractivity (Wildman–Crippen MR) is 89.8 cm³/mol. The van der Waals surface area contributed by atoms with E-state index < -0.39 is 0 Å². The highest BCUT2D eigenvalue weighted by Gasteiger charge is 2.29. The van der Waals surface area contributed by atoms with Gasteiger partial charge in [-0.05, 0) is 49.9 Å². The van der Waals surface area contributed by atoms with Crippen molar-refractivity contribution in [3.8, 4) is 0 Å². The second-order valence-corrected chi connectivity index (χ2v) is 6.96. The van der Waals surface area contributed by atoms with E-state index >= 15 is 0 Å². The molecule has 0 spiro atoms. The molecule has 2 atom stereocenters. The molecule has 118 valence electrons. The highest BCUT2D eigenvalue weighted by molar-refractivity contribution is 7.10. The normalized spacial score (nSPS) is 20.2. The summed E-state index contributed by atoms with van der Waals surface area (Å²) in [5.74, 6) is 0.113. The molecule has 0 radical (unpaired) electrons. The van der Waals surface area contributed by atoms with Crippen molar-refractivity contribution in [2.75, 3.05) is 13.1 Å². The van der Waals surface area contributed by atoms with Gasteiger partial charge < -0.3 is 9.88 Å². The maximum absolute atomic E-state index is 12.3. The Morgan fingerprint density at radius 3 is 3.00 bits per heavy atom. The third kappa shape index (κ3) is 3.25. The molecule has 1 amide bonds. The van der Waals surface area contributed by atoms with Gasteiger partial charge >= 0.3 is 0 Å². The van der Waals surface area contributed by atoms with Crippen molar-refractivity contribution < 1.29 is 4.79 Å². The van der Waals surface area contributed by atoms with E-state index in [1.165, 1.54) is 10.6 Å². The van der Waals surface area contributed by atoms with Crippen LogP contribution in [0.1, 0.15) is 42.4 Å². The van der Waals surface area contributed by atoms with Crippen molar-refractivity contribution >= 4 is 17.2 Å². The van der Waals surface area contributed by atoms with Gasteiger partial charge in [-0.15, -0.1) is 11.3 Å². The molecule has 1 N–H and O–H groups in total. The Labute approximate surface area is 135 Å². The van der Waals surface area contributed by atoms with E-state index in [1.807, 2.05) is 18.4 Å². The van der Waals surface area contributed by atoms with Gasteiger partial charge in [-0.25, -0.2) is 0 Å². The van der Waals surface area contributed by atoms with Gasteiger partial charge in [0.15, 0.2) is 0 Å². The van der Waals surface area contributed by atoms with Crippen molar-refractivity contribution in [2.24, 2.45) is 7.05 Å². The van der Waals surface area contributed by atoms with Crippen molar-refractivity contribution in [1.82, 2.24) is 14.8 Å². The van der Waals surface area contributed by atoms with E-state index in [9.17, 15) is 4.79 Å². The second-order valence-electron chi connectivity index (χ2n) is 5.98. The molecule has 2 aromatic heterocycles. The summed E-state index contributed by atoms with van der Waals surface area (Å²) < 4.78 is 2.16. The molecule has 0 bridgehead atoms. The first-order valence-corrected chi connectivity index (χ1v) is 8.71. The van der Waals surface area contributed by atoms with Crippen molar-refractivity contribution in [3.63, 3.8) is 0 Å². The third-order valence-electron chi connectivity index (χ3n) is 4.38. The van der Waals surface area contributed by atoms with Gasteiger partial charge in [-0.2, -0.15) is 0 Å². The second kappa shape index (κ2) is 6.67. The summed E-state index contributed by atoms with van der Waals surface area (Å²) in [6.07, 6.45) is 4.36. The number of thiophene rings is 1. The number of hydrogen-bond donors (Lipinski definition) is 1. The largest absolute Gasteiger partial charge is 0.353 e. The minimum absolute atomic E-state index is 0.0867. The van der Waals surface area contributed by atoms with Gasteiger partial charge in [0, 0.05) is 23.8 Å². The van der Waals surface area contributed by atoms with Crippen LogP contribution in [0.2, 0.25) is 0 Å². The van der Waals surface area contributed by atoms with Crippen LogP contribution < -0.4 is 5.32 Å². The average molecular weight is 317 g/mol. The van der Waals surface area contributed by atoms with Crippen LogP contribution in [0.5, 0.6) is 0 Å². The summed E-state index contributed by atoms with van der Waals surface area (Å²) in [5.41, 5.74) is 1.30. The number of hydrogen-bond acceptors (Lipinski definition) is 3. The third-order valence-corrected chi connectivity index (χ3v) is 5.44. The first-order chi connectivity index (χ1) is 10.6. The zero-order valence-electron chi connectivity index (χ0n) is 13.2. The maximum atomic E-state index is 12.3. The number of nitrogens with one attached hydrogen (secondary N) is 1. The van der Waals surface area contributed by atoms with Gasteiger partial charge in [0.2, 0.25) is 5.91 Å². The molecule has 22 heavy (non-hydrogen) atoms. The number of aromatic nitrogens is 1. The highest BCUT2D eigenvalue weighted by atomic mass is 32.1. The molecule has 0 aromatic carbocycles. The lowest BCUT2D eigenvalue weighted by Gasteiger charge is -2.25. The van der Waals surface area contributed by atoms with E-state index in [1.54, 1.807) is 11.3 Å². The van der Waals surface area contributed by atoms with E-state index in [4.69, 9.17) is 0 Å². The first kappa shape index (κ1) is 15.3. The van der Waals surface area contributed by atoms with Crippen LogP contribution in [0.25, 0.3) is 0 Å². The van der Waals surface area contributed by atoms with Crippen LogP contribution in [0.3, 0.4) is 0 Å². The summed E-state index contributed by atoms with van der Waals surface area (Å²) in [4.78, 5) is 15.8. The lowest BCUT2D eigenvalue weighted by molar-refractivity contribution is -0.123. The molecule has 1 aliphatic rings. The topological polar surface area (TPSA) is 37.3 Å². The van der Waals surface area contributed by atoms with Gasteiger partial charge in [-0.1, -0.05) is 6.07 Å². The predicted octanol–water partition coefficient (Wildman–Crippen LogP) is 3.10. The monoisotopic (exact) mass is 317 g/mol. The smallest absolute Gasteiger partial charge is 0.234 e. The molecule has 3 rings (SSSR count). The molecule has 4 nitrogen and oxygen atoms in total. The number of aryl methyl sites for hydroxylation is 1. The SMILES string of the molecule is CC(NC(=O)CN1CCCC1c1cccn1C)c1cccs1. The molecule has 0 aliphatic carbocycles. The van der Waals surface area contributed by atoms with E-state index in [0.717, 1.165) is 19.4 Å². The molecule has 2 aromatic rings. The van der Waals surface area contributed by atoms with Crippen LogP contribution >= 0.6 is 11.3 Å². The standard InChI is InChI=1S/C17H23N3OS/c1-13(16-8-5-11-22-16)18-17(21)12-20-10-4-7-15(20)14-6-3-9-19(14)2/h3,5-6,8-9,11,13,15H,4,7,10,12H2,1-2H3,(H,18,21). The lowest BCUT2D eigenvalue weighted by Crippen LogP contribution is -2.38. The molecular formula is C17H23N3OS. The van der Waals surface area contributed by atoms with Crippen LogP contribution in [-0.4, -0.2) is 28.5 Å². The van der Waals surface area contributed by atoms with Crippen LogP contribution in [0.4, 0.5) is 0 Å². The summed E-state index contributed by atoms with van der Waals surface area (Å²) in [6.45, 7) is 3.52. The number of carbonyl (C=O) groups excluding carboxylic acids is 1. The number of nitrogens with zero attached hydrogens (tertiary/aromatic N) is 2. The molecule has 3 heterocycles. The van der Waals surface area contributed by atoms with Gasteiger partial charge in [0.1, 0.15) is 0 Å². The van der Waals surface area contributed by atoms with Crippen LogP contribution in [-0.2, 0) is 11.8 Å². The highest BCUT2D eigenvalue weighted by Crippen LogP contribution is 2.31. The van der Waals surface area contributed by atoms with Crippen LogP contribution in [0.15, 0.2) is 35.8 Å². The minimum Gasteiger partial charge on any atom is -0.353 e. The molecule has 1 saturated heterocycles. The van der Waals surface area contributed by atoms with Crippen molar-refractivity contribution in [1.29, 1.82) is 0 Å². The van der Waals surface area contributed by atoms with E-state index in [2.05, 4.69) is 46.2 Å². The number of likely N-dealkylation sites (tertiary alicyclic amines) is 1. The number of amides is 1. The Hall–Kier alpha value is -1.59. The zero-order chi connectivity index (χ0) is 15.5. The maximum Gasteiger partial charge on any atom is 0.234 e. The van der Waals surface area contributed by atoms with Gasteiger partial charge in [0.05, 0.1) is 18.6 Å². The van der Waals surface area contributed by atoms with Crippen molar-refractivity contribution in [3.05, 3.63) is 46.4 Å². The van der Waals surface area contributed by atoms with Crippen molar-refractivity contribution in [2.45, 2.75) is 31.8 Å². The van der Waals surface area contributed by atoms with E-state index in [0.29, 0.717) is 12.6 Å². The summed E-state index contributed by atoms with van der Waals surface area (Å²) in [6, 6.07) is 8.78. The fourth-order valence-electron chi connectivity index (χ4n) is 3.25. The molecule has 2 unspecified atom stereocenters. The summed E-state index contributed by atoms with van der Waals surface area (Å²) in [7, 11) is 2.07. The summed E-state index contributed by atoms with van der Waals surface area (Å²) >= 11 is 1.68.